The molecule has 33 heavy (non-hydrogen) atoms. The number of hydrazine groups is 1. The number of amidine groups is 1. The third-order valence-corrected chi connectivity index (χ3v) is 7.20. The number of allylic oxidation sites excluding steroid dienone is 3. The van der Waals surface area contributed by atoms with Crippen molar-refractivity contribution >= 4 is 5.84 Å². The van der Waals surface area contributed by atoms with E-state index in [9.17, 15) is 0 Å². The van der Waals surface area contributed by atoms with Gasteiger partial charge in [0, 0.05) is 48.5 Å². The quantitative estimate of drug-likeness (QED) is 0.452. The average Bonchev–Trinajstić information content (AvgIpc) is 3.69. The van der Waals surface area contributed by atoms with Gasteiger partial charge in [-0.05, 0) is 44.8 Å². The van der Waals surface area contributed by atoms with Gasteiger partial charge in [-0.3, -0.25) is 0 Å². The summed E-state index contributed by atoms with van der Waals surface area (Å²) < 4.78 is 8.28. The molecule has 1 aromatic rings. The van der Waals surface area contributed by atoms with Gasteiger partial charge in [-0.1, -0.05) is 6.58 Å². The minimum absolute atomic E-state index is 0.0193. The van der Waals surface area contributed by atoms with Gasteiger partial charge in [-0.15, -0.1) is 0 Å². The van der Waals surface area contributed by atoms with Gasteiger partial charge >= 0.3 is 0 Å². The van der Waals surface area contributed by atoms with Crippen LogP contribution in [-0.4, -0.2) is 43.7 Å². The van der Waals surface area contributed by atoms with Crippen molar-refractivity contribution in [3.63, 3.8) is 0 Å². The summed E-state index contributed by atoms with van der Waals surface area (Å²) >= 11 is 0. The smallest absolute Gasteiger partial charge is 0.154 e. The van der Waals surface area contributed by atoms with E-state index < -0.39 is 0 Å². The van der Waals surface area contributed by atoms with Crippen LogP contribution in [0.4, 0.5) is 0 Å². The van der Waals surface area contributed by atoms with E-state index in [0.717, 1.165) is 67.0 Å². The fourth-order valence-electron chi connectivity index (χ4n) is 4.79. The van der Waals surface area contributed by atoms with E-state index in [0.29, 0.717) is 12.5 Å². The number of nitrogens with two attached hydrogens (primary N) is 1. The number of rotatable bonds is 6. The maximum absolute atomic E-state index is 6.65. The summed E-state index contributed by atoms with van der Waals surface area (Å²) in [5.74, 6) is 4.58. The van der Waals surface area contributed by atoms with Crippen LogP contribution in [0, 0.1) is 5.92 Å². The molecular formula is C24H32N8O. The summed E-state index contributed by atoms with van der Waals surface area (Å²) in [5.41, 5.74) is 15.2. The van der Waals surface area contributed by atoms with Gasteiger partial charge in [-0.2, -0.15) is 5.10 Å². The molecule has 0 spiro atoms. The Balaban J connectivity index is 1.18. The molecule has 3 heterocycles. The molecule has 1 saturated heterocycles. The van der Waals surface area contributed by atoms with Crippen molar-refractivity contribution in [2.24, 2.45) is 16.6 Å². The van der Waals surface area contributed by atoms with E-state index in [4.69, 9.17) is 20.6 Å². The van der Waals surface area contributed by atoms with Crippen molar-refractivity contribution in [3.05, 3.63) is 59.8 Å². The molecule has 174 valence electrons. The molecule has 9 nitrogen and oxygen atoms in total. The first-order chi connectivity index (χ1) is 16.0. The second kappa shape index (κ2) is 7.76. The molecule has 2 atom stereocenters. The van der Waals surface area contributed by atoms with Gasteiger partial charge in [0.1, 0.15) is 17.3 Å². The minimum atomic E-state index is -0.0412. The maximum atomic E-state index is 6.65. The number of aliphatic imine (C=N–C) groups is 1. The fraction of sp³-hybridized carbons (Fsp3) is 0.542. The van der Waals surface area contributed by atoms with E-state index in [1.807, 2.05) is 10.8 Å². The van der Waals surface area contributed by atoms with Crippen LogP contribution in [-0.2, 0) is 17.8 Å². The number of nitrogens with zero attached hydrogens (tertiary/aromatic N) is 5. The van der Waals surface area contributed by atoms with E-state index in [1.165, 1.54) is 12.8 Å². The van der Waals surface area contributed by atoms with E-state index in [2.05, 4.69) is 46.4 Å². The Labute approximate surface area is 194 Å². The Hall–Kier alpha value is -3.07. The summed E-state index contributed by atoms with van der Waals surface area (Å²) in [5, 5.41) is 4.70. The van der Waals surface area contributed by atoms with Crippen LogP contribution in [0.2, 0.25) is 0 Å². The van der Waals surface area contributed by atoms with E-state index in [-0.39, 0.29) is 17.6 Å². The molecule has 0 aromatic carbocycles. The van der Waals surface area contributed by atoms with Crippen LogP contribution in [0.15, 0.2) is 53.2 Å². The van der Waals surface area contributed by atoms with Crippen LogP contribution in [0.25, 0.3) is 0 Å². The average molecular weight is 449 g/mol. The van der Waals surface area contributed by atoms with Crippen molar-refractivity contribution < 1.29 is 4.74 Å². The summed E-state index contributed by atoms with van der Waals surface area (Å²) in [7, 11) is 0. The van der Waals surface area contributed by atoms with Crippen LogP contribution in [0.5, 0.6) is 0 Å². The Bertz CT molecular complexity index is 1090. The van der Waals surface area contributed by atoms with Crippen molar-refractivity contribution in [3.8, 4) is 0 Å². The highest BCUT2D eigenvalue weighted by Crippen LogP contribution is 2.43. The highest BCUT2D eigenvalue weighted by atomic mass is 16.5. The molecule has 1 aromatic heterocycles. The molecule has 0 amide bonds. The van der Waals surface area contributed by atoms with Gasteiger partial charge in [-0.25, -0.2) is 20.1 Å². The Morgan fingerprint density at radius 3 is 2.94 bits per heavy atom. The molecule has 2 aliphatic heterocycles. The predicted octanol–water partition coefficient (Wildman–Crippen LogP) is 2.19. The van der Waals surface area contributed by atoms with Crippen LogP contribution in [0.3, 0.4) is 0 Å². The van der Waals surface area contributed by atoms with Gasteiger partial charge in [0.05, 0.1) is 24.9 Å². The third kappa shape index (κ3) is 4.06. The summed E-state index contributed by atoms with van der Waals surface area (Å²) in [6.45, 7) is 8.26. The van der Waals surface area contributed by atoms with Crippen LogP contribution < -0.4 is 16.6 Å². The van der Waals surface area contributed by atoms with Crippen molar-refractivity contribution in [2.45, 2.75) is 69.7 Å². The van der Waals surface area contributed by atoms with Gasteiger partial charge in [0.2, 0.25) is 0 Å². The molecule has 3 aliphatic carbocycles. The zero-order chi connectivity index (χ0) is 22.6. The highest BCUT2D eigenvalue weighted by molar-refractivity contribution is 5.94. The lowest BCUT2D eigenvalue weighted by molar-refractivity contribution is 0.0979. The first kappa shape index (κ1) is 20.5. The van der Waals surface area contributed by atoms with Crippen LogP contribution in [0.1, 0.15) is 56.6 Å². The molecule has 3 fully saturated rings. The summed E-state index contributed by atoms with van der Waals surface area (Å²) in [6.07, 6.45) is 13.2. The number of ether oxygens (including phenoxy) is 1. The fourth-order valence-corrected chi connectivity index (χ4v) is 4.79. The predicted molar refractivity (Wildman–Crippen MR) is 125 cm³/mol. The van der Waals surface area contributed by atoms with Crippen molar-refractivity contribution in [1.82, 2.24) is 30.5 Å². The zero-order valence-electron chi connectivity index (χ0n) is 19.1. The lowest BCUT2D eigenvalue weighted by atomic mass is 9.88. The largest absolute Gasteiger partial charge is 0.492 e. The first-order valence-corrected chi connectivity index (χ1v) is 12.0. The zero-order valence-corrected chi connectivity index (χ0v) is 19.1. The van der Waals surface area contributed by atoms with Crippen LogP contribution >= 0.6 is 0 Å². The lowest BCUT2D eigenvalue weighted by Crippen LogP contribution is -2.40. The van der Waals surface area contributed by atoms with Gasteiger partial charge in [0.25, 0.3) is 0 Å². The summed E-state index contributed by atoms with van der Waals surface area (Å²) in [4.78, 5) is 11.5. The molecule has 5 aliphatic rings. The van der Waals surface area contributed by atoms with Crippen molar-refractivity contribution in [1.29, 1.82) is 0 Å². The topological polar surface area (TPSA) is 106 Å². The second-order valence-electron chi connectivity index (χ2n) is 9.98. The third-order valence-electron chi connectivity index (χ3n) is 7.20. The number of hydrogen-bond donors (Lipinski definition) is 3. The van der Waals surface area contributed by atoms with E-state index >= 15 is 0 Å². The highest BCUT2D eigenvalue weighted by Gasteiger charge is 2.43. The molecule has 0 unspecified atom stereocenters. The summed E-state index contributed by atoms with van der Waals surface area (Å²) in [6, 6.07) is -0.0412. The molecule has 4 N–H and O–H groups in total. The molecule has 6 rings (SSSR count). The normalized spacial score (nSPS) is 28.3. The Morgan fingerprint density at radius 1 is 1.33 bits per heavy atom. The number of nitrogens with one attached hydrogen (secondary N) is 2. The number of hydrogen-bond acceptors (Lipinski definition) is 7. The molecule has 2 saturated carbocycles. The maximum Gasteiger partial charge on any atom is 0.154 e. The second-order valence-corrected chi connectivity index (χ2v) is 9.98. The van der Waals surface area contributed by atoms with Gasteiger partial charge in [0.15, 0.2) is 5.82 Å². The minimum Gasteiger partial charge on any atom is -0.492 e. The SMILES string of the molecule is C=CN=C(/C=C(\N)[C@@H]1NNC2=CC=C(OC3(C)CC3)C[C@@H]21)N1CCn2nc(C3CC3)nc2C1. The van der Waals surface area contributed by atoms with Crippen molar-refractivity contribution in [2.75, 3.05) is 6.54 Å². The number of aromatic nitrogens is 3. The standard InChI is InChI=1S/C24H32N8O/c1-3-26-20(31-10-11-32-21(14-31)27-23(30-32)15-4-5-15)13-18(25)22-17-12-16(33-24(2)8-9-24)6-7-19(17)28-29-22/h3,6-7,13,15,17,22,28-29H,1,4-5,8-12,14,25H2,2H3/b18-13-,26-20?/t17-,22+/m0/s1. The molecule has 9 heteroatoms. The monoisotopic (exact) mass is 448 g/mol. The lowest BCUT2D eigenvalue weighted by Gasteiger charge is -2.29. The Morgan fingerprint density at radius 2 is 2.18 bits per heavy atom. The molecular weight excluding hydrogens is 416 g/mol. The molecule has 0 bridgehead atoms. The van der Waals surface area contributed by atoms with Gasteiger partial charge < -0.3 is 20.8 Å². The Kier molecular flexibility index (Phi) is 4.83. The first-order valence-electron chi connectivity index (χ1n) is 12.0. The molecule has 0 radical (unpaired) electrons. The number of fused-ring (bicyclic) bond motifs is 2. The van der Waals surface area contributed by atoms with E-state index in [1.54, 1.807) is 6.20 Å².